The highest BCUT2D eigenvalue weighted by Gasteiger charge is 2.66. The molecule has 0 radical (unpaired) electrons. The topological polar surface area (TPSA) is 76.0 Å². The Morgan fingerprint density at radius 2 is 1.81 bits per heavy atom. The number of hydrogen-bond acceptors (Lipinski definition) is 5. The fraction of sp³-hybridized carbons (Fsp3) is 0.903. The number of carbonyl (C=O) groups is 1. The van der Waals surface area contributed by atoms with E-state index in [2.05, 4.69) is 40.7 Å². The first-order chi connectivity index (χ1) is 16.6. The summed E-state index contributed by atoms with van der Waals surface area (Å²) in [6, 6.07) is 0. The average Bonchev–Trinajstić information content (AvgIpc) is 3.33. The van der Waals surface area contributed by atoms with Crippen LogP contribution in [-0.4, -0.2) is 47.2 Å². The number of fused-ring (bicyclic) bond motifs is 5. The van der Waals surface area contributed by atoms with Crippen molar-refractivity contribution in [1.82, 2.24) is 0 Å². The van der Waals surface area contributed by atoms with Gasteiger partial charge in [-0.2, -0.15) is 0 Å². The second-order valence-corrected chi connectivity index (χ2v) is 14.9. The quantitative estimate of drug-likeness (QED) is 0.485. The van der Waals surface area contributed by atoms with Crippen LogP contribution in [0.5, 0.6) is 0 Å². The second kappa shape index (κ2) is 8.37. The van der Waals surface area contributed by atoms with Crippen LogP contribution >= 0.6 is 0 Å². The molecule has 0 amide bonds. The molecule has 5 aliphatic rings. The predicted octanol–water partition coefficient (Wildman–Crippen LogP) is 5.67. The fourth-order valence-electron chi connectivity index (χ4n) is 10.2. The number of methoxy groups -OCH3 is 1. The zero-order valence-electron chi connectivity index (χ0n) is 23.9. The highest BCUT2D eigenvalue weighted by Crippen LogP contribution is 2.73. The second-order valence-electron chi connectivity index (χ2n) is 14.9. The van der Waals surface area contributed by atoms with Crippen LogP contribution in [0.4, 0.5) is 0 Å². The number of Topliss-reactive ketones (excluding diaryl/α,β-unsaturated/α-hetero) is 1. The molecule has 5 rings (SSSR count). The molecule has 1 aliphatic heterocycles. The molecule has 0 aromatic carbocycles. The molecule has 5 heteroatoms. The highest BCUT2D eigenvalue weighted by atomic mass is 16.7. The Labute approximate surface area is 218 Å². The summed E-state index contributed by atoms with van der Waals surface area (Å²) in [4.78, 5) is 12.9. The maximum absolute atomic E-state index is 12.9. The van der Waals surface area contributed by atoms with Gasteiger partial charge >= 0.3 is 0 Å². The molecule has 1 saturated heterocycles. The predicted molar refractivity (Wildman–Crippen MR) is 140 cm³/mol. The van der Waals surface area contributed by atoms with Crippen molar-refractivity contribution in [3.8, 4) is 0 Å². The molecule has 0 unspecified atom stereocenters. The molecule has 3 saturated carbocycles. The Balaban J connectivity index is 1.45. The third-order valence-corrected chi connectivity index (χ3v) is 12.6. The molecule has 0 aromatic rings. The van der Waals surface area contributed by atoms with Crippen LogP contribution in [-0.2, 0) is 14.3 Å². The maximum Gasteiger partial charge on any atom is 0.160 e. The van der Waals surface area contributed by atoms with E-state index in [0.29, 0.717) is 23.5 Å². The standard InChI is InChI=1S/C31H50O5/c1-27(2)23-10-9-21-20(29(23,5)14-13-24(27)32)12-16-30(6)19(11-15-31(21,30)7)18-17-22(36-26(18)35-8)25(33)28(3,4)34/h9,18-20,22-23,25-26,33-34H,10-17H2,1-8H3/t18-,19-,20-,22+,23-,25+,26+,29+,30-,31+/m0/s1. The lowest BCUT2D eigenvalue weighted by molar-refractivity contribution is -0.184. The van der Waals surface area contributed by atoms with Gasteiger partial charge in [0.25, 0.3) is 0 Å². The van der Waals surface area contributed by atoms with E-state index < -0.39 is 17.8 Å². The molecule has 0 spiro atoms. The molecule has 5 nitrogen and oxygen atoms in total. The third kappa shape index (κ3) is 3.51. The van der Waals surface area contributed by atoms with Crippen LogP contribution in [0.3, 0.4) is 0 Å². The number of ketones is 1. The van der Waals surface area contributed by atoms with Crippen LogP contribution in [0.1, 0.15) is 99.8 Å². The van der Waals surface area contributed by atoms with E-state index in [0.717, 1.165) is 32.1 Å². The van der Waals surface area contributed by atoms with Crippen molar-refractivity contribution in [2.24, 2.45) is 45.3 Å². The van der Waals surface area contributed by atoms with Crippen LogP contribution in [0.15, 0.2) is 11.6 Å². The van der Waals surface area contributed by atoms with Gasteiger partial charge in [-0.1, -0.05) is 46.3 Å². The van der Waals surface area contributed by atoms with Gasteiger partial charge in [-0.05, 0) is 92.8 Å². The van der Waals surface area contributed by atoms with Crippen molar-refractivity contribution in [3.63, 3.8) is 0 Å². The molecule has 36 heavy (non-hydrogen) atoms. The monoisotopic (exact) mass is 502 g/mol. The molecular weight excluding hydrogens is 452 g/mol. The zero-order chi connectivity index (χ0) is 26.5. The summed E-state index contributed by atoms with van der Waals surface area (Å²) in [6.07, 6.45) is 9.03. The van der Waals surface area contributed by atoms with Crippen molar-refractivity contribution in [1.29, 1.82) is 0 Å². The maximum atomic E-state index is 12.9. The smallest absolute Gasteiger partial charge is 0.160 e. The Hall–Kier alpha value is -0.750. The van der Waals surface area contributed by atoms with Gasteiger partial charge in [-0.15, -0.1) is 0 Å². The van der Waals surface area contributed by atoms with Crippen molar-refractivity contribution < 1.29 is 24.5 Å². The summed E-state index contributed by atoms with van der Waals surface area (Å²) >= 11 is 0. The van der Waals surface area contributed by atoms with Gasteiger partial charge in [-0.25, -0.2) is 0 Å². The summed E-state index contributed by atoms with van der Waals surface area (Å²) in [6.45, 7) is 15.2. The molecular formula is C31H50O5. The lowest BCUT2D eigenvalue weighted by atomic mass is 9.41. The van der Waals surface area contributed by atoms with Gasteiger partial charge in [0.15, 0.2) is 6.29 Å². The van der Waals surface area contributed by atoms with Gasteiger partial charge in [0.2, 0.25) is 0 Å². The van der Waals surface area contributed by atoms with Gasteiger partial charge in [0.05, 0.1) is 11.7 Å². The summed E-state index contributed by atoms with van der Waals surface area (Å²) < 4.78 is 12.1. The minimum Gasteiger partial charge on any atom is -0.388 e. The summed E-state index contributed by atoms with van der Waals surface area (Å²) in [7, 11) is 1.71. The Kier molecular flexibility index (Phi) is 6.24. The molecule has 2 N–H and O–H groups in total. The number of hydrogen-bond donors (Lipinski definition) is 2. The van der Waals surface area contributed by atoms with Crippen LogP contribution < -0.4 is 0 Å². The number of allylic oxidation sites excluding steroid dienone is 2. The van der Waals surface area contributed by atoms with E-state index in [-0.39, 0.29) is 33.9 Å². The van der Waals surface area contributed by atoms with Crippen LogP contribution in [0, 0.1) is 45.3 Å². The molecule has 4 aliphatic carbocycles. The number of rotatable bonds is 4. The van der Waals surface area contributed by atoms with E-state index in [9.17, 15) is 15.0 Å². The largest absolute Gasteiger partial charge is 0.388 e. The summed E-state index contributed by atoms with van der Waals surface area (Å²) in [5, 5.41) is 21.2. The average molecular weight is 503 g/mol. The number of aliphatic hydroxyl groups is 2. The van der Waals surface area contributed by atoms with Gasteiger partial charge < -0.3 is 19.7 Å². The van der Waals surface area contributed by atoms with Crippen LogP contribution in [0.2, 0.25) is 0 Å². The Morgan fingerprint density at radius 1 is 1.11 bits per heavy atom. The molecule has 204 valence electrons. The van der Waals surface area contributed by atoms with Crippen LogP contribution in [0.25, 0.3) is 0 Å². The molecule has 0 bridgehead atoms. The normalized spacial score (nSPS) is 49.2. The van der Waals surface area contributed by atoms with E-state index in [1.807, 2.05) is 0 Å². The molecule has 10 atom stereocenters. The Morgan fingerprint density at radius 3 is 2.44 bits per heavy atom. The van der Waals surface area contributed by atoms with E-state index in [4.69, 9.17) is 9.47 Å². The lowest BCUT2D eigenvalue weighted by Crippen LogP contribution is -2.57. The lowest BCUT2D eigenvalue weighted by Gasteiger charge is -2.63. The van der Waals surface area contributed by atoms with E-state index in [1.54, 1.807) is 26.5 Å². The molecule has 4 fully saturated rings. The summed E-state index contributed by atoms with van der Waals surface area (Å²) in [5.41, 5.74) is 0.681. The summed E-state index contributed by atoms with van der Waals surface area (Å²) in [5.74, 6) is 2.09. The van der Waals surface area contributed by atoms with E-state index >= 15 is 0 Å². The minimum absolute atomic E-state index is 0.130. The SMILES string of the molecule is CO[C@@H]1O[C@@H]([C@@H](O)C(C)(C)O)C[C@H]1[C@@H]1CC[C@]2(C)C3=CC[C@H]4C(C)(C)C(=O)CC[C@]4(C)[C@H]3CC[C@@]12C. The molecule has 0 aromatic heterocycles. The molecule has 1 heterocycles. The van der Waals surface area contributed by atoms with Gasteiger partial charge in [0.1, 0.15) is 11.9 Å². The minimum atomic E-state index is -1.21. The first-order valence-corrected chi connectivity index (χ1v) is 14.4. The first-order valence-electron chi connectivity index (χ1n) is 14.4. The fourth-order valence-corrected chi connectivity index (χ4v) is 10.2. The van der Waals surface area contributed by atoms with Crippen molar-refractivity contribution in [2.75, 3.05) is 7.11 Å². The highest BCUT2D eigenvalue weighted by molar-refractivity contribution is 5.85. The first kappa shape index (κ1) is 26.8. The third-order valence-electron chi connectivity index (χ3n) is 12.6. The van der Waals surface area contributed by atoms with Gasteiger partial charge in [0, 0.05) is 24.9 Å². The van der Waals surface area contributed by atoms with Crippen molar-refractivity contribution in [3.05, 3.63) is 11.6 Å². The zero-order valence-corrected chi connectivity index (χ0v) is 23.9. The number of ether oxygens (including phenoxy) is 2. The number of aliphatic hydroxyl groups excluding tert-OH is 1. The van der Waals surface area contributed by atoms with Crippen molar-refractivity contribution >= 4 is 5.78 Å². The number of carbonyl (C=O) groups excluding carboxylic acids is 1. The van der Waals surface area contributed by atoms with Crippen molar-refractivity contribution in [2.45, 2.75) is 124 Å². The Bertz CT molecular complexity index is 932. The van der Waals surface area contributed by atoms with Gasteiger partial charge in [-0.3, -0.25) is 4.79 Å². The van der Waals surface area contributed by atoms with E-state index in [1.165, 1.54) is 19.3 Å².